The Labute approximate surface area is 110 Å². The first-order valence-electron chi connectivity index (χ1n) is 6.17. The fourth-order valence-electron chi connectivity index (χ4n) is 1.89. The number of carboxylic acid groups (broad SMARTS) is 1. The zero-order valence-corrected chi connectivity index (χ0v) is 10.5. The van der Waals surface area contributed by atoms with Gasteiger partial charge in [0, 0.05) is 12.7 Å². The number of amides is 1. The van der Waals surface area contributed by atoms with E-state index in [2.05, 4.69) is 4.98 Å². The molecular formula is C13H16N2O4. The summed E-state index contributed by atoms with van der Waals surface area (Å²) in [5, 5.41) is 18.1. The number of carbonyl (C=O) groups is 2. The molecule has 0 unspecified atom stereocenters. The molecule has 2 N–H and O–H groups in total. The minimum atomic E-state index is -1.01. The SMILES string of the molecule is O=C(O)CN(CC1CC1)C(=O)Cc1cncc(O)c1. The number of aromatic nitrogens is 1. The third-order valence-electron chi connectivity index (χ3n) is 2.99. The second-order valence-electron chi connectivity index (χ2n) is 4.84. The van der Waals surface area contributed by atoms with E-state index in [0.717, 1.165) is 12.8 Å². The molecule has 1 amide bonds. The summed E-state index contributed by atoms with van der Waals surface area (Å²) in [7, 11) is 0. The first-order chi connectivity index (χ1) is 9.04. The van der Waals surface area contributed by atoms with Crippen LogP contribution in [-0.4, -0.2) is 45.1 Å². The molecule has 19 heavy (non-hydrogen) atoms. The quantitative estimate of drug-likeness (QED) is 0.787. The highest BCUT2D eigenvalue weighted by molar-refractivity contribution is 5.83. The second-order valence-corrected chi connectivity index (χ2v) is 4.84. The largest absolute Gasteiger partial charge is 0.506 e. The van der Waals surface area contributed by atoms with E-state index < -0.39 is 5.97 Å². The van der Waals surface area contributed by atoms with Crippen LogP contribution in [0.15, 0.2) is 18.5 Å². The Balaban J connectivity index is 1.99. The zero-order valence-electron chi connectivity index (χ0n) is 10.5. The van der Waals surface area contributed by atoms with Crippen LogP contribution in [-0.2, 0) is 16.0 Å². The molecule has 102 valence electrons. The number of pyridine rings is 1. The maximum Gasteiger partial charge on any atom is 0.323 e. The molecule has 0 saturated heterocycles. The maximum absolute atomic E-state index is 12.1. The predicted molar refractivity (Wildman–Crippen MR) is 66.5 cm³/mol. The smallest absolute Gasteiger partial charge is 0.323 e. The van der Waals surface area contributed by atoms with Crippen LogP contribution in [0.1, 0.15) is 18.4 Å². The van der Waals surface area contributed by atoms with Crippen molar-refractivity contribution in [2.24, 2.45) is 5.92 Å². The van der Waals surface area contributed by atoms with Gasteiger partial charge in [0.15, 0.2) is 0 Å². The average molecular weight is 264 g/mol. The van der Waals surface area contributed by atoms with Crippen LogP contribution in [0.2, 0.25) is 0 Å². The lowest BCUT2D eigenvalue weighted by Gasteiger charge is -2.20. The van der Waals surface area contributed by atoms with Crippen molar-refractivity contribution in [2.45, 2.75) is 19.3 Å². The first kappa shape index (κ1) is 13.3. The van der Waals surface area contributed by atoms with Crippen molar-refractivity contribution < 1.29 is 19.8 Å². The van der Waals surface area contributed by atoms with Crippen LogP contribution in [0.25, 0.3) is 0 Å². The van der Waals surface area contributed by atoms with Gasteiger partial charge in [-0.25, -0.2) is 0 Å². The van der Waals surface area contributed by atoms with Gasteiger partial charge >= 0.3 is 5.97 Å². The predicted octanol–water partition coefficient (Wildman–Crippen LogP) is 0.653. The fourth-order valence-corrected chi connectivity index (χ4v) is 1.89. The van der Waals surface area contributed by atoms with Crippen molar-refractivity contribution in [3.8, 4) is 5.75 Å². The minimum absolute atomic E-state index is 0.00252. The van der Waals surface area contributed by atoms with E-state index in [9.17, 15) is 14.7 Å². The molecule has 0 aromatic carbocycles. The van der Waals surface area contributed by atoms with E-state index in [4.69, 9.17) is 5.11 Å². The fraction of sp³-hybridized carbons (Fsp3) is 0.462. The molecule has 2 rings (SSSR count). The highest BCUT2D eigenvalue weighted by atomic mass is 16.4. The number of rotatable bonds is 6. The third kappa shape index (κ3) is 4.24. The molecule has 1 aliphatic rings. The average Bonchev–Trinajstić information content (AvgIpc) is 3.11. The van der Waals surface area contributed by atoms with E-state index in [-0.39, 0.29) is 24.6 Å². The number of hydrogen-bond donors (Lipinski definition) is 2. The molecule has 1 fully saturated rings. The van der Waals surface area contributed by atoms with Crippen LogP contribution >= 0.6 is 0 Å². The Morgan fingerprint density at radius 3 is 2.68 bits per heavy atom. The van der Waals surface area contributed by atoms with Crippen LogP contribution in [0.3, 0.4) is 0 Å². The molecule has 1 heterocycles. The Bertz CT molecular complexity index is 485. The topological polar surface area (TPSA) is 90.7 Å². The normalized spacial score (nSPS) is 14.1. The summed E-state index contributed by atoms with van der Waals surface area (Å²) in [4.78, 5) is 28.0. The van der Waals surface area contributed by atoms with Crippen LogP contribution in [0, 0.1) is 5.92 Å². The van der Waals surface area contributed by atoms with Crippen LogP contribution in [0.5, 0.6) is 5.75 Å². The van der Waals surface area contributed by atoms with Gasteiger partial charge in [0.1, 0.15) is 12.3 Å². The van der Waals surface area contributed by atoms with Crippen LogP contribution in [0.4, 0.5) is 0 Å². The molecule has 6 heteroatoms. The van der Waals surface area contributed by atoms with E-state index in [1.54, 1.807) is 0 Å². The highest BCUT2D eigenvalue weighted by Crippen LogP contribution is 2.29. The van der Waals surface area contributed by atoms with E-state index in [1.807, 2.05) is 0 Å². The van der Waals surface area contributed by atoms with Gasteiger partial charge in [-0.2, -0.15) is 0 Å². The lowest BCUT2D eigenvalue weighted by molar-refractivity contribution is -0.144. The Morgan fingerprint density at radius 1 is 1.37 bits per heavy atom. The summed E-state index contributed by atoms with van der Waals surface area (Å²) in [6.07, 6.45) is 4.94. The lowest BCUT2D eigenvalue weighted by atomic mass is 10.2. The van der Waals surface area contributed by atoms with Gasteiger partial charge in [0.05, 0.1) is 12.6 Å². The number of aromatic hydroxyl groups is 1. The van der Waals surface area contributed by atoms with Crippen molar-refractivity contribution in [1.82, 2.24) is 9.88 Å². The summed E-state index contributed by atoms with van der Waals surface area (Å²) in [5.74, 6) is -0.826. The van der Waals surface area contributed by atoms with Gasteiger partial charge in [0.25, 0.3) is 0 Å². The van der Waals surface area contributed by atoms with Crippen molar-refractivity contribution >= 4 is 11.9 Å². The molecular weight excluding hydrogens is 248 g/mol. The number of carboxylic acids is 1. The second kappa shape index (κ2) is 5.69. The van der Waals surface area contributed by atoms with Crippen molar-refractivity contribution in [2.75, 3.05) is 13.1 Å². The number of aliphatic carboxylic acids is 1. The van der Waals surface area contributed by atoms with Crippen molar-refractivity contribution in [3.05, 3.63) is 24.0 Å². The molecule has 1 saturated carbocycles. The molecule has 0 radical (unpaired) electrons. The van der Waals surface area contributed by atoms with E-state index >= 15 is 0 Å². The lowest BCUT2D eigenvalue weighted by Crippen LogP contribution is -2.38. The summed E-state index contributed by atoms with van der Waals surface area (Å²) < 4.78 is 0. The number of hydrogen-bond acceptors (Lipinski definition) is 4. The van der Waals surface area contributed by atoms with Gasteiger partial charge in [0.2, 0.25) is 5.91 Å². The Hall–Kier alpha value is -2.11. The summed E-state index contributed by atoms with van der Waals surface area (Å²) in [6.45, 7) is 0.221. The third-order valence-corrected chi connectivity index (χ3v) is 2.99. The molecule has 0 spiro atoms. The van der Waals surface area contributed by atoms with Crippen molar-refractivity contribution in [3.63, 3.8) is 0 Å². The Morgan fingerprint density at radius 2 is 2.11 bits per heavy atom. The number of nitrogens with zero attached hydrogens (tertiary/aromatic N) is 2. The molecule has 0 atom stereocenters. The summed E-state index contributed by atoms with van der Waals surface area (Å²) in [6, 6.07) is 1.46. The summed E-state index contributed by atoms with van der Waals surface area (Å²) >= 11 is 0. The standard InChI is InChI=1S/C13H16N2O4/c16-11-3-10(5-14-6-11)4-12(17)15(8-13(18)19)7-9-1-2-9/h3,5-6,9,16H,1-2,4,7-8H2,(H,18,19). The molecule has 1 aromatic heterocycles. The Kier molecular flexibility index (Phi) is 3.99. The minimum Gasteiger partial charge on any atom is -0.506 e. The first-order valence-corrected chi connectivity index (χ1v) is 6.17. The van der Waals surface area contributed by atoms with Gasteiger partial charge in [-0.1, -0.05) is 0 Å². The van der Waals surface area contributed by atoms with Gasteiger partial charge in [-0.15, -0.1) is 0 Å². The summed E-state index contributed by atoms with van der Waals surface area (Å²) in [5.41, 5.74) is 0.580. The molecule has 0 bridgehead atoms. The van der Waals surface area contributed by atoms with Crippen LogP contribution < -0.4 is 0 Å². The highest BCUT2D eigenvalue weighted by Gasteiger charge is 2.27. The maximum atomic E-state index is 12.1. The zero-order chi connectivity index (χ0) is 13.8. The number of carbonyl (C=O) groups excluding carboxylic acids is 1. The monoisotopic (exact) mass is 264 g/mol. The van der Waals surface area contributed by atoms with E-state index in [0.29, 0.717) is 18.0 Å². The molecule has 1 aromatic rings. The van der Waals surface area contributed by atoms with Gasteiger partial charge in [-0.3, -0.25) is 14.6 Å². The van der Waals surface area contributed by atoms with Gasteiger partial charge in [-0.05, 0) is 30.4 Å². The molecule has 1 aliphatic carbocycles. The van der Waals surface area contributed by atoms with E-state index in [1.165, 1.54) is 23.4 Å². The molecule has 0 aliphatic heterocycles. The molecule has 6 nitrogen and oxygen atoms in total. The van der Waals surface area contributed by atoms with Crippen molar-refractivity contribution in [1.29, 1.82) is 0 Å². The van der Waals surface area contributed by atoms with Gasteiger partial charge < -0.3 is 15.1 Å².